The Morgan fingerprint density at radius 1 is 1.17 bits per heavy atom. The van der Waals surface area contributed by atoms with Gasteiger partial charge in [0.2, 0.25) is 7.37 Å². The van der Waals surface area contributed by atoms with E-state index >= 15 is 0 Å². The summed E-state index contributed by atoms with van der Waals surface area (Å²) in [5.41, 5.74) is -1.18. The molecule has 0 aromatic carbocycles. The molecule has 0 heterocycles. The van der Waals surface area contributed by atoms with Gasteiger partial charge in [-0.2, -0.15) is 0 Å². The van der Waals surface area contributed by atoms with Gasteiger partial charge in [0.05, 0.1) is 25.0 Å². The number of rotatable bonds is 11. The summed E-state index contributed by atoms with van der Waals surface area (Å²) in [5, 5.41) is 18.8. The maximum atomic E-state index is 11.6. The molecule has 0 aromatic rings. The number of ether oxygens (including phenoxy) is 2. The van der Waals surface area contributed by atoms with Crippen molar-refractivity contribution in [2.45, 2.75) is 20.3 Å². The first-order chi connectivity index (χ1) is 10.6. The molecule has 1 unspecified atom stereocenters. The Morgan fingerprint density at radius 2 is 1.70 bits per heavy atom. The molecule has 0 aliphatic carbocycles. The van der Waals surface area contributed by atoms with E-state index in [-0.39, 0.29) is 37.5 Å². The van der Waals surface area contributed by atoms with Gasteiger partial charge in [-0.15, -0.1) is 0 Å². The van der Waals surface area contributed by atoms with Gasteiger partial charge in [-0.3, -0.25) is 9.36 Å². The molecule has 0 bridgehead atoms. The zero-order valence-electron chi connectivity index (χ0n) is 13.5. The molecule has 8 nitrogen and oxygen atoms in total. The van der Waals surface area contributed by atoms with Gasteiger partial charge in [-0.25, -0.2) is 4.79 Å². The van der Waals surface area contributed by atoms with E-state index in [0.717, 1.165) is 0 Å². The fourth-order valence-corrected chi connectivity index (χ4v) is 2.19. The van der Waals surface area contributed by atoms with E-state index in [1.807, 2.05) is 0 Å². The van der Waals surface area contributed by atoms with Crippen LogP contribution < -0.4 is 0 Å². The Bertz CT molecular complexity index is 469. The molecule has 0 amide bonds. The van der Waals surface area contributed by atoms with Crippen LogP contribution in [0.5, 0.6) is 0 Å². The predicted octanol–water partition coefficient (Wildman–Crippen LogP) is 0.300. The van der Waals surface area contributed by atoms with Gasteiger partial charge in [-0.05, 0) is 6.92 Å². The third-order valence-electron chi connectivity index (χ3n) is 3.23. The summed E-state index contributed by atoms with van der Waals surface area (Å²) in [7, 11) is -3.32. The normalized spacial score (nSPS) is 14.0. The summed E-state index contributed by atoms with van der Waals surface area (Å²) in [6.45, 7) is 4.50. The molecule has 0 aliphatic heterocycles. The number of hydrogen-bond acceptors (Lipinski definition) is 7. The summed E-state index contributed by atoms with van der Waals surface area (Å²) in [5.74, 6) is -1.42. The molecule has 0 fully saturated rings. The van der Waals surface area contributed by atoms with Crippen molar-refractivity contribution in [1.82, 2.24) is 0 Å². The highest BCUT2D eigenvalue weighted by Gasteiger charge is 2.33. The average molecular weight is 352 g/mol. The zero-order chi connectivity index (χ0) is 18.1. The van der Waals surface area contributed by atoms with Crippen molar-refractivity contribution in [3.8, 4) is 0 Å². The molecule has 0 aromatic heterocycles. The van der Waals surface area contributed by atoms with Gasteiger partial charge in [0.15, 0.2) is 0 Å². The smallest absolute Gasteiger partial charge is 0.333 e. The molecule has 134 valence electrons. The molecule has 1 atom stereocenters. The minimum absolute atomic E-state index is 0.0638. The van der Waals surface area contributed by atoms with Crippen LogP contribution >= 0.6 is 7.37 Å². The van der Waals surface area contributed by atoms with E-state index in [1.54, 1.807) is 6.92 Å². The largest absolute Gasteiger partial charge is 0.465 e. The van der Waals surface area contributed by atoms with E-state index in [0.29, 0.717) is 0 Å². The fraction of sp³-hybridized carbons (Fsp3) is 0.714. The topological polar surface area (TPSA) is 130 Å². The number of esters is 2. The van der Waals surface area contributed by atoms with E-state index in [4.69, 9.17) is 9.47 Å². The van der Waals surface area contributed by atoms with Gasteiger partial charge < -0.3 is 24.6 Å². The first-order valence-corrected chi connectivity index (χ1v) is 9.15. The lowest BCUT2D eigenvalue weighted by atomic mass is 9.92. The van der Waals surface area contributed by atoms with Crippen molar-refractivity contribution in [1.29, 1.82) is 0 Å². The van der Waals surface area contributed by atoms with Crippen molar-refractivity contribution < 1.29 is 38.7 Å². The van der Waals surface area contributed by atoms with Gasteiger partial charge in [0.25, 0.3) is 0 Å². The molecule has 0 rings (SSSR count). The van der Waals surface area contributed by atoms with Crippen LogP contribution in [0.1, 0.15) is 20.3 Å². The van der Waals surface area contributed by atoms with Crippen LogP contribution in [0.3, 0.4) is 0 Å². The SMILES string of the molecule is C=C(C)C(=O)OCC(CO)(CO)COC(=O)CCP(=O)(O)CC. The molecular weight excluding hydrogens is 327 g/mol. The lowest BCUT2D eigenvalue weighted by Crippen LogP contribution is -2.41. The van der Waals surface area contributed by atoms with Crippen LogP contribution in [0.4, 0.5) is 0 Å². The molecular formula is C14H25O8P. The number of carbonyl (C=O) groups is 2. The lowest BCUT2D eigenvalue weighted by Gasteiger charge is -2.28. The molecule has 0 saturated heterocycles. The monoisotopic (exact) mass is 352 g/mol. The molecule has 3 N–H and O–H groups in total. The molecule has 0 aliphatic rings. The summed E-state index contributed by atoms with van der Waals surface area (Å²) in [6.07, 6.45) is -0.382. The van der Waals surface area contributed by atoms with Crippen LogP contribution in [-0.4, -0.2) is 65.8 Å². The molecule has 9 heteroatoms. The maximum Gasteiger partial charge on any atom is 0.333 e. The molecule has 0 saturated carbocycles. The summed E-state index contributed by atoms with van der Waals surface area (Å²) >= 11 is 0. The van der Waals surface area contributed by atoms with Gasteiger partial charge in [0, 0.05) is 17.9 Å². The lowest BCUT2D eigenvalue weighted by molar-refractivity contribution is -0.156. The minimum atomic E-state index is -3.32. The molecule has 23 heavy (non-hydrogen) atoms. The fourth-order valence-electron chi connectivity index (χ4n) is 1.35. The van der Waals surface area contributed by atoms with Gasteiger partial charge in [0.1, 0.15) is 13.2 Å². The zero-order valence-corrected chi connectivity index (χ0v) is 14.4. The summed E-state index contributed by atoms with van der Waals surface area (Å²) in [6, 6.07) is 0. The van der Waals surface area contributed by atoms with Gasteiger partial charge >= 0.3 is 11.9 Å². The third-order valence-corrected chi connectivity index (χ3v) is 5.14. The summed E-state index contributed by atoms with van der Waals surface area (Å²) in [4.78, 5) is 32.3. The number of aliphatic hydroxyl groups excluding tert-OH is 2. The Hall–Kier alpha value is -1.21. The Balaban J connectivity index is 4.52. The quantitative estimate of drug-likeness (QED) is 0.275. The highest BCUT2D eigenvalue weighted by molar-refractivity contribution is 7.57. The highest BCUT2D eigenvalue weighted by Crippen LogP contribution is 2.40. The van der Waals surface area contributed by atoms with Crippen LogP contribution in [0, 0.1) is 5.41 Å². The van der Waals surface area contributed by atoms with Gasteiger partial charge in [-0.1, -0.05) is 13.5 Å². The molecule has 0 radical (unpaired) electrons. The average Bonchev–Trinajstić information content (AvgIpc) is 2.53. The van der Waals surface area contributed by atoms with Crippen LogP contribution in [0.25, 0.3) is 0 Å². The second kappa shape index (κ2) is 9.82. The second-order valence-corrected chi connectivity index (χ2v) is 8.24. The van der Waals surface area contributed by atoms with E-state index in [1.165, 1.54) is 6.92 Å². The van der Waals surface area contributed by atoms with Crippen molar-refractivity contribution in [3.05, 3.63) is 12.2 Å². The first kappa shape index (κ1) is 21.8. The number of carbonyl (C=O) groups excluding carboxylic acids is 2. The summed E-state index contributed by atoms with van der Waals surface area (Å²) < 4.78 is 21.2. The van der Waals surface area contributed by atoms with E-state index in [9.17, 15) is 29.3 Å². The van der Waals surface area contributed by atoms with Crippen LogP contribution in [0.15, 0.2) is 12.2 Å². The van der Waals surface area contributed by atoms with Crippen LogP contribution in [0.2, 0.25) is 0 Å². The molecule has 0 spiro atoms. The third kappa shape index (κ3) is 8.27. The Morgan fingerprint density at radius 3 is 2.13 bits per heavy atom. The minimum Gasteiger partial charge on any atom is -0.465 e. The highest BCUT2D eigenvalue weighted by atomic mass is 31.2. The predicted molar refractivity (Wildman–Crippen MR) is 83.2 cm³/mol. The number of hydrogen-bond donors (Lipinski definition) is 3. The standard InChI is InChI=1S/C14H25O8P/c1-4-23(19,20)6-5-12(17)21-9-14(7-15,8-16)10-22-13(18)11(2)3/h15-16H,2,4-10H2,1,3H3,(H,19,20). The van der Waals surface area contributed by atoms with Crippen molar-refractivity contribution >= 4 is 19.3 Å². The second-order valence-electron chi connectivity index (χ2n) is 5.47. The van der Waals surface area contributed by atoms with Crippen molar-refractivity contribution in [2.75, 3.05) is 38.8 Å². The Kier molecular flexibility index (Phi) is 9.31. The van der Waals surface area contributed by atoms with E-state index < -0.39 is 37.9 Å². The first-order valence-electron chi connectivity index (χ1n) is 7.12. The maximum absolute atomic E-state index is 11.6. The van der Waals surface area contributed by atoms with Crippen LogP contribution in [-0.2, 0) is 23.6 Å². The van der Waals surface area contributed by atoms with Crippen molar-refractivity contribution in [3.63, 3.8) is 0 Å². The number of aliphatic hydroxyl groups is 2. The van der Waals surface area contributed by atoms with Crippen molar-refractivity contribution in [2.24, 2.45) is 5.41 Å². The Labute approximate surface area is 135 Å². The van der Waals surface area contributed by atoms with E-state index in [2.05, 4.69) is 6.58 Å².